The van der Waals surface area contributed by atoms with Crippen molar-refractivity contribution in [2.75, 3.05) is 32.7 Å². The lowest BCUT2D eigenvalue weighted by molar-refractivity contribution is -0.200. The molecule has 14 heteroatoms. The van der Waals surface area contributed by atoms with Gasteiger partial charge in [0, 0.05) is 30.3 Å². The number of amides is 2. The Hall–Kier alpha value is -3.58. The highest BCUT2D eigenvalue weighted by Crippen LogP contribution is 2.47. The molecule has 1 aromatic carbocycles. The van der Waals surface area contributed by atoms with E-state index >= 15 is 0 Å². The van der Waals surface area contributed by atoms with Crippen molar-refractivity contribution < 1.29 is 38.5 Å². The molecule has 0 radical (unpaired) electrons. The van der Waals surface area contributed by atoms with Crippen molar-refractivity contribution in [2.45, 2.75) is 24.1 Å². The molecule has 2 aliphatic rings. The van der Waals surface area contributed by atoms with E-state index in [4.69, 9.17) is 19.7 Å². The van der Waals surface area contributed by atoms with Crippen molar-refractivity contribution in [3.05, 3.63) is 57.6 Å². The molecule has 2 heterocycles. The minimum Gasteiger partial charge on any atom is -0.477 e. The van der Waals surface area contributed by atoms with Crippen LogP contribution in [0.25, 0.3) is 10.4 Å². The third-order valence-electron chi connectivity index (χ3n) is 5.22. The van der Waals surface area contributed by atoms with Crippen LogP contribution in [0.2, 0.25) is 0 Å². The maximum absolute atomic E-state index is 13.4. The standard InChI is InChI=1S/C21H23N5O8S/c1-12(27)33-10-14-11-35-20-21(34-9-8-32-2,19(31)26(20)16(14)18(29)30)23-17(28)15(24-25-22)13-6-4-3-5-7-13/h3-7,15,20H,8-11H2,1-2H3,(H,23,28)(H,29,30)/t15?,20-,21?/m1/s1. The normalized spacial score (nSPS) is 21.8. The number of β-lactam (4-membered cyclic amide) rings is 1. The number of hydrogen-bond donors (Lipinski definition) is 2. The molecule has 0 aromatic heterocycles. The van der Waals surface area contributed by atoms with Crippen LogP contribution in [0.4, 0.5) is 0 Å². The van der Waals surface area contributed by atoms with Gasteiger partial charge in [-0.3, -0.25) is 19.3 Å². The summed E-state index contributed by atoms with van der Waals surface area (Å²) in [5, 5.41) is 15.0. The van der Waals surface area contributed by atoms with Crippen molar-refractivity contribution in [3.8, 4) is 0 Å². The van der Waals surface area contributed by atoms with Gasteiger partial charge in [0.15, 0.2) is 0 Å². The number of carbonyl (C=O) groups is 4. The lowest BCUT2D eigenvalue weighted by Gasteiger charge is -2.56. The molecule has 2 N–H and O–H groups in total. The molecule has 0 spiro atoms. The van der Waals surface area contributed by atoms with Crippen LogP contribution < -0.4 is 5.32 Å². The Morgan fingerprint density at radius 3 is 2.66 bits per heavy atom. The lowest BCUT2D eigenvalue weighted by Crippen LogP contribution is -2.81. The molecule has 1 saturated heterocycles. The van der Waals surface area contributed by atoms with Gasteiger partial charge in [-0.2, -0.15) is 0 Å². The number of carboxylic acid groups (broad SMARTS) is 1. The van der Waals surface area contributed by atoms with Crippen LogP contribution >= 0.6 is 11.8 Å². The summed E-state index contributed by atoms with van der Waals surface area (Å²) in [6.45, 7) is 0.903. The number of fused-ring (bicyclic) bond motifs is 1. The first-order chi connectivity index (χ1) is 16.8. The molecule has 0 bridgehead atoms. The number of carbonyl (C=O) groups excluding carboxylic acids is 3. The minimum atomic E-state index is -1.92. The van der Waals surface area contributed by atoms with Crippen LogP contribution in [-0.4, -0.2) is 77.5 Å². The summed E-state index contributed by atoms with van der Waals surface area (Å²) in [6.07, 6.45) is 0. The van der Waals surface area contributed by atoms with Crippen LogP contribution in [0, 0.1) is 0 Å². The summed E-state index contributed by atoms with van der Waals surface area (Å²) in [7, 11) is 1.43. The van der Waals surface area contributed by atoms with Gasteiger partial charge in [0.25, 0.3) is 11.6 Å². The Labute approximate surface area is 204 Å². The van der Waals surface area contributed by atoms with Crippen molar-refractivity contribution in [1.82, 2.24) is 10.2 Å². The fourth-order valence-corrected chi connectivity index (χ4v) is 5.06. The zero-order valence-electron chi connectivity index (χ0n) is 18.9. The Kier molecular flexibility index (Phi) is 8.35. The number of azide groups is 1. The molecule has 0 aliphatic carbocycles. The van der Waals surface area contributed by atoms with Crippen LogP contribution in [0.5, 0.6) is 0 Å². The number of thioether (sulfide) groups is 1. The highest BCUT2D eigenvalue weighted by atomic mass is 32.2. The van der Waals surface area contributed by atoms with Gasteiger partial charge < -0.3 is 24.6 Å². The summed E-state index contributed by atoms with van der Waals surface area (Å²) < 4.78 is 15.7. The molecule has 1 fully saturated rings. The quantitative estimate of drug-likeness (QED) is 0.0853. The van der Waals surface area contributed by atoms with E-state index in [0.29, 0.717) is 5.56 Å². The van der Waals surface area contributed by atoms with E-state index in [0.717, 1.165) is 16.7 Å². The van der Waals surface area contributed by atoms with E-state index in [2.05, 4.69) is 15.3 Å². The highest BCUT2D eigenvalue weighted by Gasteiger charge is 2.67. The van der Waals surface area contributed by atoms with Gasteiger partial charge in [-0.15, -0.1) is 11.8 Å². The Morgan fingerprint density at radius 2 is 2.06 bits per heavy atom. The Morgan fingerprint density at radius 1 is 1.34 bits per heavy atom. The maximum Gasteiger partial charge on any atom is 0.352 e. The first kappa shape index (κ1) is 26.0. The predicted molar refractivity (Wildman–Crippen MR) is 121 cm³/mol. The number of nitrogens with zero attached hydrogens (tertiary/aromatic N) is 4. The van der Waals surface area contributed by atoms with Crippen molar-refractivity contribution in [2.24, 2.45) is 5.11 Å². The van der Waals surface area contributed by atoms with Gasteiger partial charge in [-0.1, -0.05) is 35.4 Å². The highest BCUT2D eigenvalue weighted by molar-refractivity contribution is 8.00. The van der Waals surface area contributed by atoms with E-state index in [1.54, 1.807) is 30.3 Å². The van der Waals surface area contributed by atoms with Crippen molar-refractivity contribution >= 4 is 35.5 Å². The van der Waals surface area contributed by atoms with Crippen molar-refractivity contribution in [3.63, 3.8) is 0 Å². The van der Waals surface area contributed by atoms with E-state index in [1.807, 2.05) is 0 Å². The fourth-order valence-electron chi connectivity index (χ4n) is 3.67. The summed E-state index contributed by atoms with van der Waals surface area (Å²) >= 11 is 1.13. The average molecular weight is 506 g/mol. The molecule has 186 valence electrons. The van der Waals surface area contributed by atoms with Gasteiger partial charge >= 0.3 is 11.9 Å². The monoisotopic (exact) mass is 505 g/mol. The molecule has 35 heavy (non-hydrogen) atoms. The average Bonchev–Trinajstić information content (AvgIpc) is 2.84. The second kappa shape index (κ2) is 11.2. The first-order valence-corrected chi connectivity index (χ1v) is 11.4. The van der Waals surface area contributed by atoms with Gasteiger partial charge in [0.05, 0.1) is 13.2 Å². The number of hydrogen-bond acceptors (Lipinski definition) is 9. The number of nitrogens with one attached hydrogen (secondary N) is 1. The van der Waals surface area contributed by atoms with Crippen LogP contribution in [0.15, 0.2) is 46.7 Å². The molecule has 0 saturated carbocycles. The van der Waals surface area contributed by atoms with Crippen molar-refractivity contribution in [1.29, 1.82) is 0 Å². The van der Waals surface area contributed by atoms with E-state index in [-0.39, 0.29) is 36.8 Å². The maximum atomic E-state index is 13.4. The van der Waals surface area contributed by atoms with E-state index in [9.17, 15) is 24.3 Å². The second-order valence-corrected chi connectivity index (χ2v) is 8.53. The number of benzene rings is 1. The Balaban J connectivity index is 1.94. The largest absolute Gasteiger partial charge is 0.477 e. The summed E-state index contributed by atoms with van der Waals surface area (Å²) in [5.41, 5.74) is 7.35. The van der Waals surface area contributed by atoms with Gasteiger partial charge in [0.2, 0.25) is 5.91 Å². The fraction of sp³-hybridized carbons (Fsp3) is 0.429. The first-order valence-electron chi connectivity index (χ1n) is 10.3. The number of carboxylic acids is 1. The topological polar surface area (TPSA) is 180 Å². The summed E-state index contributed by atoms with van der Waals surface area (Å²) in [4.78, 5) is 53.5. The number of aliphatic carboxylic acids is 1. The molecule has 2 unspecified atom stereocenters. The third kappa shape index (κ3) is 5.25. The number of rotatable bonds is 11. The SMILES string of the molecule is COCCOC1(NC(=O)C(N=[N+]=[N-])c2ccccc2)C(=O)N2C(C(=O)O)=C(COC(C)=O)CS[C@@H]21. The Bertz CT molecular complexity index is 1090. The zero-order valence-corrected chi connectivity index (χ0v) is 19.7. The van der Waals surface area contributed by atoms with E-state index in [1.165, 1.54) is 14.0 Å². The molecule has 2 amide bonds. The van der Waals surface area contributed by atoms with Gasteiger partial charge in [0.1, 0.15) is 23.7 Å². The van der Waals surface area contributed by atoms with E-state index < -0.39 is 40.9 Å². The van der Waals surface area contributed by atoms with Crippen LogP contribution in [0.1, 0.15) is 18.5 Å². The minimum absolute atomic E-state index is 0.0859. The molecule has 13 nitrogen and oxygen atoms in total. The number of methoxy groups -OCH3 is 1. The smallest absolute Gasteiger partial charge is 0.352 e. The number of esters is 1. The molecular weight excluding hydrogens is 482 g/mol. The second-order valence-electron chi connectivity index (χ2n) is 7.46. The summed E-state index contributed by atoms with van der Waals surface area (Å²) in [6, 6.07) is 6.93. The molecular formula is C21H23N5O8S. The predicted octanol–water partition coefficient (Wildman–Crippen LogP) is 1.33. The molecule has 3 atom stereocenters. The third-order valence-corrected chi connectivity index (χ3v) is 6.59. The van der Waals surface area contributed by atoms with Crippen LogP contribution in [-0.2, 0) is 33.4 Å². The van der Waals surface area contributed by atoms with Crippen LogP contribution in [0.3, 0.4) is 0 Å². The molecule has 1 aromatic rings. The lowest BCUT2D eigenvalue weighted by atomic mass is 9.97. The van der Waals surface area contributed by atoms with Gasteiger partial charge in [-0.25, -0.2) is 4.79 Å². The van der Waals surface area contributed by atoms with Gasteiger partial charge in [-0.05, 0) is 11.1 Å². The number of ether oxygens (including phenoxy) is 3. The zero-order chi connectivity index (χ0) is 25.6. The summed E-state index contributed by atoms with van der Waals surface area (Å²) in [5.74, 6) is -3.51. The molecule has 3 rings (SSSR count). The molecule has 2 aliphatic heterocycles.